The highest BCUT2D eigenvalue weighted by molar-refractivity contribution is 7.45. The van der Waals surface area contributed by atoms with Gasteiger partial charge < -0.3 is 55.4 Å². The van der Waals surface area contributed by atoms with Crippen molar-refractivity contribution in [3.8, 4) is 0 Å². The summed E-state index contributed by atoms with van der Waals surface area (Å²) >= 11 is 0. The second kappa shape index (κ2) is 12.8. The van der Waals surface area contributed by atoms with Crippen LogP contribution in [-0.2, 0) is 19.0 Å². The first-order valence-corrected chi connectivity index (χ1v) is 14.0. The van der Waals surface area contributed by atoms with E-state index in [4.69, 9.17) is 36.0 Å². The van der Waals surface area contributed by atoms with Gasteiger partial charge in [-0.25, -0.2) is 8.78 Å². The fraction of sp³-hybridized carbons (Fsp3) is 0.455. The normalized spacial score (nSPS) is 29.2. The second-order valence-corrected chi connectivity index (χ2v) is 10.6. The predicted molar refractivity (Wildman–Crippen MR) is 145 cm³/mol. The molecule has 44 heavy (non-hydrogen) atoms. The smallest absolute Gasteiger partial charge is 0.261 e. The zero-order valence-corrected chi connectivity index (χ0v) is 23.1. The van der Waals surface area contributed by atoms with Gasteiger partial charge in [0.25, 0.3) is 11.1 Å². The van der Waals surface area contributed by atoms with E-state index in [1.54, 1.807) is 0 Å². The number of alkyl halides is 2. The lowest BCUT2D eigenvalue weighted by Crippen LogP contribution is -2.29. The molecule has 240 valence electrons. The Morgan fingerprint density at radius 2 is 1.41 bits per heavy atom. The van der Waals surface area contributed by atoms with Crippen LogP contribution in [0.25, 0.3) is 22.1 Å². The topological polar surface area (TPSA) is 291 Å². The zero-order valence-electron chi connectivity index (χ0n) is 22.2. The number of rotatable bonds is 7. The molecule has 4 aromatic heterocycles. The van der Waals surface area contributed by atoms with Gasteiger partial charge in [-0.05, 0) is 12.1 Å². The van der Waals surface area contributed by atoms with Gasteiger partial charge in [-0.1, -0.05) is 0 Å². The molecule has 4 aromatic rings. The Morgan fingerprint density at radius 3 is 1.89 bits per heavy atom. The lowest BCUT2D eigenvalue weighted by atomic mass is 10.1. The second-order valence-electron chi connectivity index (χ2n) is 9.50. The fourth-order valence-corrected chi connectivity index (χ4v) is 4.88. The van der Waals surface area contributed by atoms with E-state index >= 15 is 0 Å². The van der Waals surface area contributed by atoms with Gasteiger partial charge in [0, 0.05) is 12.4 Å². The summed E-state index contributed by atoms with van der Waals surface area (Å²) in [6, 6.07) is 2.88. The van der Waals surface area contributed by atoms with Crippen molar-refractivity contribution in [1.29, 1.82) is 0 Å². The molecule has 3 unspecified atom stereocenters. The number of ether oxygens (including phenoxy) is 2. The average molecular weight is 648 g/mol. The van der Waals surface area contributed by atoms with Crippen molar-refractivity contribution in [2.24, 2.45) is 0 Å². The molecule has 2 aliphatic rings. The number of halogens is 2. The Morgan fingerprint density at radius 1 is 0.909 bits per heavy atom. The van der Waals surface area contributed by atoms with Crippen LogP contribution in [0.1, 0.15) is 12.5 Å². The van der Waals surface area contributed by atoms with Crippen LogP contribution in [0.3, 0.4) is 0 Å². The SMILES string of the molecule is Nc1nc2c(ccn2[C@@H]2O[C@H](CO)C(F)[C@@H]2O)c(=O)[nH]1.Nc1nc2c(ccn2[C@@H]2O[C@H](OOP(O)CO)C(F)[C@@H]2O)c(=O)[nH]1. The summed E-state index contributed by atoms with van der Waals surface area (Å²) in [5, 5.41) is 37.9. The molecule has 6 heterocycles. The number of nitrogen functional groups attached to an aromatic ring is 2. The van der Waals surface area contributed by atoms with E-state index in [0.717, 1.165) is 0 Å². The lowest BCUT2D eigenvalue weighted by Gasteiger charge is -2.16. The van der Waals surface area contributed by atoms with E-state index in [9.17, 15) is 28.6 Å². The van der Waals surface area contributed by atoms with Gasteiger partial charge in [0.2, 0.25) is 26.6 Å². The molecule has 6 rings (SSSR count). The molecule has 0 saturated carbocycles. The molecule has 0 aliphatic carbocycles. The van der Waals surface area contributed by atoms with Crippen LogP contribution in [0.5, 0.6) is 0 Å². The monoisotopic (exact) mass is 648 g/mol. The number of aromatic amines is 2. The molecular weight excluding hydrogens is 621 g/mol. The van der Waals surface area contributed by atoms with Crippen LogP contribution in [-0.4, -0.2) is 104 Å². The predicted octanol–water partition coefficient (Wildman–Crippen LogP) is -2.04. The molecule has 0 aromatic carbocycles. The number of aliphatic hydroxyl groups is 4. The number of aliphatic hydroxyl groups excluding tert-OH is 4. The van der Waals surface area contributed by atoms with E-state index < -0.39 is 81.8 Å². The van der Waals surface area contributed by atoms with Crippen LogP contribution >= 0.6 is 8.38 Å². The highest BCUT2D eigenvalue weighted by Gasteiger charge is 2.48. The van der Waals surface area contributed by atoms with E-state index in [2.05, 4.69) is 29.5 Å². The van der Waals surface area contributed by atoms with Crippen molar-refractivity contribution >= 4 is 42.3 Å². The Kier molecular flexibility index (Phi) is 9.23. The Balaban J connectivity index is 0.000000177. The van der Waals surface area contributed by atoms with Gasteiger partial charge >= 0.3 is 0 Å². The molecule has 0 bridgehead atoms. The number of hydrogen-bond donors (Lipinski definition) is 9. The summed E-state index contributed by atoms with van der Waals surface area (Å²) in [6.45, 7) is -0.552. The van der Waals surface area contributed by atoms with Gasteiger partial charge in [0.15, 0.2) is 36.1 Å². The largest absolute Gasteiger partial charge is 0.394 e. The molecule has 2 saturated heterocycles. The summed E-state index contributed by atoms with van der Waals surface area (Å²) < 4.78 is 45.2. The molecular formula is C22H27F2N8O11P. The van der Waals surface area contributed by atoms with Crippen molar-refractivity contribution in [2.45, 2.75) is 49.4 Å². The van der Waals surface area contributed by atoms with Crippen molar-refractivity contribution < 1.29 is 53.1 Å². The van der Waals surface area contributed by atoms with Crippen molar-refractivity contribution in [3.05, 3.63) is 45.2 Å². The molecule has 0 spiro atoms. The van der Waals surface area contributed by atoms with Gasteiger partial charge in [-0.15, -0.1) is 0 Å². The fourth-order valence-electron chi connectivity index (χ4n) is 4.65. The third kappa shape index (κ3) is 5.89. The molecule has 19 nitrogen and oxygen atoms in total. The van der Waals surface area contributed by atoms with Crippen LogP contribution < -0.4 is 22.6 Å². The quantitative estimate of drug-likeness (QED) is 0.0592. The number of nitrogens with one attached hydrogen (secondary N) is 2. The number of fused-ring (bicyclic) bond motifs is 2. The van der Waals surface area contributed by atoms with Crippen LogP contribution in [0, 0.1) is 0 Å². The molecule has 0 amide bonds. The first-order valence-electron chi connectivity index (χ1n) is 12.6. The van der Waals surface area contributed by atoms with E-state index in [1.165, 1.54) is 33.7 Å². The number of anilines is 2. The van der Waals surface area contributed by atoms with Gasteiger partial charge in [-0.2, -0.15) is 19.5 Å². The minimum atomic E-state index is -2.30. The molecule has 0 radical (unpaired) electrons. The average Bonchev–Trinajstić information content (AvgIpc) is 3.74. The molecule has 9 atom stereocenters. The minimum Gasteiger partial charge on any atom is -0.394 e. The third-order valence-electron chi connectivity index (χ3n) is 6.71. The first kappa shape index (κ1) is 31.8. The van der Waals surface area contributed by atoms with E-state index in [-0.39, 0.29) is 34.0 Å². The van der Waals surface area contributed by atoms with E-state index in [1.807, 2.05) is 0 Å². The maximum atomic E-state index is 14.1. The van der Waals surface area contributed by atoms with Gasteiger partial charge in [0.1, 0.15) is 24.7 Å². The number of nitrogens with two attached hydrogens (primary N) is 2. The Hall–Kier alpha value is -3.63. The summed E-state index contributed by atoms with van der Waals surface area (Å²) in [4.78, 5) is 49.7. The summed E-state index contributed by atoms with van der Waals surface area (Å²) in [7, 11) is -2.30. The Labute approximate surface area is 244 Å². The zero-order chi connectivity index (χ0) is 31.9. The highest BCUT2D eigenvalue weighted by atomic mass is 31.2. The summed E-state index contributed by atoms with van der Waals surface area (Å²) in [5.41, 5.74) is 10.3. The van der Waals surface area contributed by atoms with Crippen molar-refractivity contribution in [3.63, 3.8) is 0 Å². The maximum absolute atomic E-state index is 14.1. The number of nitrogens with zero attached hydrogens (tertiary/aromatic N) is 4. The van der Waals surface area contributed by atoms with Crippen LogP contribution in [0.4, 0.5) is 20.7 Å². The summed E-state index contributed by atoms with van der Waals surface area (Å²) in [5.74, 6) is -0.243. The van der Waals surface area contributed by atoms with Crippen molar-refractivity contribution in [2.75, 3.05) is 24.4 Å². The summed E-state index contributed by atoms with van der Waals surface area (Å²) in [6.07, 6.45) is -9.84. The molecule has 2 fully saturated rings. The standard InChI is InChI=1S/C11H14FN4O7P.C11H13FN4O4/c12-5-6(18)9(21-10(5)22-23-24(20)3-17)16-2-1-4-7(16)14-11(13)15-8(4)19;12-6-5(3-17)20-10(7(6)18)16-2-1-4-8(16)14-11(13)15-9(4)19/h1-2,5-6,9-10,17-18,20H,3H2,(H3,13,14,15,19);1-2,5-7,10,17-18H,3H2,(H3,13,14,15,19)/t5?,6-,9+,10+,24?;5-,6?,7+,10-/m01/s1. The highest BCUT2D eigenvalue weighted by Crippen LogP contribution is 2.37. The van der Waals surface area contributed by atoms with Crippen molar-refractivity contribution in [1.82, 2.24) is 29.1 Å². The Bertz CT molecular complexity index is 1740. The third-order valence-corrected chi connectivity index (χ3v) is 7.21. The van der Waals surface area contributed by atoms with Gasteiger partial charge in [-0.3, -0.25) is 19.6 Å². The maximum Gasteiger partial charge on any atom is 0.261 e. The molecule has 2 aliphatic heterocycles. The number of H-pyrrole nitrogens is 2. The van der Waals surface area contributed by atoms with E-state index in [0.29, 0.717) is 0 Å². The first-order chi connectivity index (χ1) is 20.9. The van der Waals surface area contributed by atoms with Crippen LogP contribution in [0.2, 0.25) is 0 Å². The lowest BCUT2D eigenvalue weighted by molar-refractivity contribution is -0.327. The molecule has 22 heteroatoms. The number of hydrogen-bond acceptors (Lipinski definition) is 15. The van der Waals surface area contributed by atoms with Gasteiger partial charge in [0.05, 0.1) is 17.4 Å². The number of aromatic nitrogens is 6. The minimum absolute atomic E-state index is 0.0915. The van der Waals surface area contributed by atoms with Crippen LogP contribution in [0.15, 0.2) is 34.1 Å². The molecule has 11 N–H and O–H groups in total.